The highest BCUT2D eigenvalue weighted by Gasteiger charge is 2.19. The molecule has 0 spiro atoms. The fourth-order valence-corrected chi connectivity index (χ4v) is 9.80. The molecule has 0 N–H and O–H groups in total. The topological polar surface area (TPSA) is 78.9 Å². The van der Waals surface area contributed by atoms with E-state index in [9.17, 15) is 14.4 Å². The molecule has 0 aliphatic heterocycles. The summed E-state index contributed by atoms with van der Waals surface area (Å²) in [5, 5.41) is 0. The zero-order chi connectivity index (χ0) is 54.3. The first-order valence-corrected chi connectivity index (χ1v) is 33.1. The predicted molar refractivity (Wildman–Crippen MR) is 325 cm³/mol. The molecule has 0 heterocycles. The highest BCUT2D eigenvalue weighted by atomic mass is 16.6. The second-order valence-electron chi connectivity index (χ2n) is 22.4. The Labute approximate surface area is 467 Å². The summed E-state index contributed by atoms with van der Waals surface area (Å²) in [5.74, 6) is -0.860. The van der Waals surface area contributed by atoms with Gasteiger partial charge in [0.1, 0.15) is 13.2 Å². The van der Waals surface area contributed by atoms with Crippen molar-refractivity contribution in [1.29, 1.82) is 0 Å². The molecule has 75 heavy (non-hydrogen) atoms. The van der Waals surface area contributed by atoms with Crippen LogP contribution in [0.2, 0.25) is 0 Å². The fraction of sp³-hybridized carbons (Fsp3) is 0.841. The molecule has 0 amide bonds. The highest BCUT2D eigenvalue weighted by Crippen LogP contribution is 2.17. The molecule has 0 aliphatic carbocycles. The summed E-state index contributed by atoms with van der Waals surface area (Å²) in [6.07, 6.45) is 79.8. The first-order valence-electron chi connectivity index (χ1n) is 33.1. The number of esters is 3. The Balaban J connectivity index is 4.19. The number of carbonyl (C=O) groups excluding carboxylic acids is 3. The van der Waals surface area contributed by atoms with Crippen molar-refractivity contribution in [2.45, 2.75) is 361 Å². The van der Waals surface area contributed by atoms with Crippen LogP contribution >= 0.6 is 0 Å². The normalized spacial score (nSPS) is 12.3. The summed E-state index contributed by atoms with van der Waals surface area (Å²) in [7, 11) is 0. The van der Waals surface area contributed by atoms with Crippen molar-refractivity contribution in [3.63, 3.8) is 0 Å². The lowest BCUT2D eigenvalue weighted by Gasteiger charge is -2.18. The maximum absolute atomic E-state index is 12.9. The van der Waals surface area contributed by atoms with Gasteiger partial charge in [-0.2, -0.15) is 0 Å². The van der Waals surface area contributed by atoms with Crippen LogP contribution in [-0.4, -0.2) is 37.2 Å². The standard InChI is InChI=1S/C69H126O6/c1-4-7-10-13-16-19-22-25-28-29-30-31-32-33-34-35-36-37-38-39-40-41-42-45-47-50-53-56-59-62-68(71)74-65-66(75-69(72)63-60-57-54-51-48-44-27-24-21-18-15-12-9-6-3)64-73-67(70)61-58-55-52-49-46-43-26-23-20-17-14-11-8-5-2/h22,24-25,27,29-30,32-33,66H,4-21,23,26,28,31,34-65H2,1-3H3/b25-22-,27-24-,30-29-,33-32-. The lowest BCUT2D eigenvalue weighted by atomic mass is 10.0. The van der Waals surface area contributed by atoms with Crippen LogP contribution < -0.4 is 0 Å². The first-order chi connectivity index (χ1) is 37.0. The van der Waals surface area contributed by atoms with Gasteiger partial charge < -0.3 is 14.2 Å². The minimum absolute atomic E-state index is 0.0719. The Morgan fingerprint density at radius 3 is 0.760 bits per heavy atom. The summed E-state index contributed by atoms with van der Waals surface area (Å²) in [6.45, 7) is 6.66. The number of hydrogen-bond donors (Lipinski definition) is 0. The Hall–Kier alpha value is -2.63. The molecule has 1 unspecified atom stereocenters. The van der Waals surface area contributed by atoms with E-state index in [1.54, 1.807) is 0 Å². The quantitative estimate of drug-likeness (QED) is 0.0261. The first kappa shape index (κ1) is 72.4. The van der Waals surface area contributed by atoms with Gasteiger partial charge >= 0.3 is 17.9 Å². The molecule has 0 saturated carbocycles. The van der Waals surface area contributed by atoms with Crippen molar-refractivity contribution in [3.8, 4) is 0 Å². The van der Waals surface area contributed by atoms with Gasteiger partial charge in [0, 0.05) is 19.3 Å². The molecule has 0 rings (SSSR count). The van der Waals surface area contributed by atoms with Crippen LogP contribution in [0, 0.1) is 0 Å². The zero-order valence-electron chi connectivity index (χ0n) is 50.3. The monoisotopic (exact) mass is 1050 g/mol. The molecule has 0 fully saturated rings. The minimum Gasteiger partial charge on any atom is -0.462 e. The molecule has 438 valence electrons. The van der Waals surface area contributed by atoms with Crippen LogP contribution in [0.1, 0.15) is 355 Å². The Morgan fingerprint density at radius 1 is 0.267 bits per heavy atom. The van der Waals surface area contributed by atoms with E-state index in [1.165, 1.54) is 238 Å². The summed E-state index contributed by atoms with van der Waals surface area (Å²) in [4.78, 5) is 38.3. The van der Waals surface area contributed by atoms with Crippen molar-refractivity contribution in [1.82, 2.24) is 0 Å². The smallest absolute Gasteiger partial charge is 0.306 e. The van der Waals surface area contributed by atoms with Gasteiger partial charge in [-0.15, -0.1) is 0 Å². The van der Waals surface area contributed by atoms with E-state index in [2.05, 4.69) is 69.4 Å². The number of ether oxygens (including phenoxy) is 3. The molecule has 0 bridgehead atoms. The third kappa shape index (κ3) is 62.1. The molecule has 0 aliphatic rings. The average molecular weight is 1050 g/mol. The number of rotatable bonds is 61. The van der Waals surface area contributed by atoms with E-state index in [-0.39, 0.29) is 31.1 Å². The van der Waals surface area contributed by atoms with Crippen LogP contribution in [0.25, 0.3) is 0 Å². The minimum atomic E-state index is -0.775. The van der Waals surface area contributed by atoms with Crippen molar-refractivity contribution in [2.75, 3.05) is 13.2 Å². The Kier molecular flexibility index (Phi) is 61.7. The van der Waals surface area contributed by atoms with Gasteiger partial charge in [0.2, 0.25) is 0 Å². The lowest BCUT2D eigenvalue weighted by molar-refractivity contribution is -0.167. The summed E-state index contributed by atoms with van der Waals surface area (Å²) < 4.78 is 16.9. The van der Waals surface area contributed by atoms with E-state index < -0.39 is 6.10 Å². The van der Waals surface area contributed by atoms with E-state index in [1.807, 2.05) is 0 Å². The van der Waals surface area contributed by atoms with Crippen LogP contribution in [0.15, 0.2) is 48.6 Å². The van der Waals surface area contributed by atoms with Crippen molar-refractivity contribution in [3.05, 3.63) is 48.6 Å². The second kappa shape index (κ2) is 63.9. The highest BCUT2D eigenvalue weighted by molar-refractivity contribution is 5.71. The number of hydrogen-bond acceptors (Lipinski definition) is 6. The molecule has 1 atom stereocenters. The molecule has 0 aromatic rings. The number of allylic oxidation sites excluding steroid dienone is 8. The SMILES string of the molecule is CCCCCCC/C=C\C/C=C\C/C=C\CCCCCCCCCCCCCCCCC(=O)OCC(COC(=O)CCCCCCCCCCCCCCCC)OC(=O)CCCCCCC/C=C\CCCCCCC. The predicted octanol–water partition coefficient (Wildman–Crippen LogP) is 22.6. The second-order valence-corrected chi connectivity index (χ2v) is 22.4. The third-order valence-electron chi connectivity index (χ3n) is 14.8. The van der Waals surface area contributed by atoms with Crippen molar-refractivity contribution in [2.24, 2.45) is 0 Å². The van der Waals surface area contributed by atoms with Crippen molar-refractivity contribution < 1.29 is 28.6 Å². The van der Waals surface area contributed by atoms with Crippen LogP contribution in [0.4, 0.5) is 0 Å². The average Bonchev–Trinajstić information content (AvgIpc) is 3.41. The van der Waals surface area contributed by atoms with Crippen LogP contribution in [-0.2, 0) is 28.6 Å². The van der Waals surface area contributed by atoms with E-state index in [4.69, 9.17) is 14.2 Å². The summed E-state index contributed by atoms with van der Waals surface area (Å²) in [5.41, 5.74) is 0. The van der Waals surface area contributed by atoms with Gasteiger partial charge in [-0.3, -0.25) is 14.4 Å². The van der Waals surface area contributed by atoms with Gasteiger partial charge in [-0.05, 0) is 83.5 Å². The van der Waals surface area contributed by atoms with Crippen LogP contribution in [0.5, 0.6) is 0 Å². The zero-order valence-corrected chi connectivity index (χ0v) is 50.3. The fourth-order valence-electron chi connectivity index (χ4n) is 9.80. The van der Waals surface area contributed by atoms with E-state index in [0.29, 0.717) is 19.3 Å². The molecule has 0 aromatic heterocycles. The molecule has 6 nitrogen and oxygen atoms in total. The van der Waals surface area contributed by atoms with Gasteiger partial charge in [-0.25, -0.2) is 0 Å². The number of unbranched alkanes of at least 4 members (excludes halogenated alkanes) is 42. The summed E-state index contributed by atoms with van der Waals surface area (Å²) >= 11 is 0. The van der Waals surface area contributed by atoms with Crippen LogP contribution in [0.3, 0.4) is 0 Å². The van der Waals surface area contributed by atoms with Gasteiger partial charge in [0.25, 0.3) is 0 Å². The lowest BCUT2D eigenvalue weighted by Crippen LogP contribution is -2.30. The molecule has 0 saturated heterocycles. The molecular weight excluding hydrogens is 925 g/mol. The summed E-state index contributed by atoms with van der Waals surface area (Å²) in [6, 6.07) is 0. The number of carbonyl (C=O) groups is 3. The van der Waals surface area contributed by atoms with Crippen molar-refractivity contribution >= 4 is 17.9 Å². The third-order valence-corrected chi connectivity index (χ3v) is 14.8. The Morgan fingerprint density at radius 2 is 0.480 bits per heavy atom. The maximum Gasteiger partial charge on any atom is 0.306 e. The van der Waals surface area contributed by atoms with E-state index in [0.717, 1.165) is 77.0 Å². The van der Waals surface area contributed by atoms with Gasteiger partial charge in [0.15, 0.2) is 6.10 Å². The molecule has 6 heteroatoms. The van der Waals surface area contributed by atoms with E-state index >= 15 is 0 Å². The van der Waals surface area contributed by atoms with Gasteiger partial charge in [-0.1, -0.05) is 301 Å². The van der Waals surface area contributed by atoms with Gasteiger partial charge in [0.05, 0.1) is 0 Å². The Bertz CT molecular complexity index is 1300. The largest absolute Gasteiger partial charge is 0.462 e. The molecular formula is C69H126O6. The molecule has 0 radical (unpaired) electrons. The maximum atomic E-state index is 12.9. The molecule has 0 aromatic carbocycles.